The van der Waals surface area contributed by atoms with Crippen LogP contribution in [0.15, 0.2) is 47.1 Å². The summed E-state index contributed by atoms with van der Waals surface area (Å²) >= 11 is 1.29. The van der Waals surface area contributed by atoms with E-state index in [1.807, 2.05) is 31.2 Å². The molecular weight excluding hydrogens is 354 g/mol. The lowest BCUT2D eigenvalue weighted by Crippen LogP contribution is -2.48. The number of Topliss-reactive ketones (excluding diaryl/α,β-unsaturated/α-hetero) is 1. The lowest BCUT2D eigenvalue weighted by atomic mass is 10.0. The Hall–Kier alpha value is -2.54. The Morgan fingerprint density at radius 1 is 1.19 bits per heavy atom. The minimum atomic E-state index is -1.35. The van der Waals surface area contributed by atoms with Gasteiger partial charge in [-0.25, -0.2) is 0 Å². The zero-order chi connectivity index (χ0) is 19.1. The standard InChI is InChI=1S/C19H21NO5S/c1-12-5-7-14(8-6-12)18(10-16(22)17-4-3-9-25-17)26-11-15(19(23)24)20-13(2)21/h3-9,15,18H,10-11H2,1-2H3,(H,20,21)(H,23,24)/p-1/t15-,18-/m0/s1. The maximum atomic E-state index is 12.4. The van der Waals surface area contributed by atoms with Crippen LogP contribution < -0.4 is 10.4 Å². The molecule has 0 aliphatic carbocycles. The Morgan fingerprint density at radius 3 is 2.42 bits per heavy atom. The van der Waals surface area contributed by atoms with E-state index in [0.29, 0.717) is 0 Å². The molecule has 0 aliphatic heterocycles. The molecule has 7 heteroatoms. The van der Waals surface area contributed by atoms with E-state index in [0.717, 1.165) is 11.1 Å². The van der Waals surface area contributed by atoms with Crippen molar-refractivity contribution < 1.29 is 23.9 Å². The van der Waals surface area contributed by atoms with E-state index in [9.17, 15) is 19.5 Å². The molecule has 0 fully saturated rings. The summed E-state index contributed by atoms with van der Waals surface area (Å²) < 4.78 is 5.15. The molecule has 6 nitrogen and oxygen atoms in total. The van der Waals surface area contributed by atoms with Gasteiger partial charge in [-0.15, -0.1) is 0 Å². The first kappa shape index (κ1) is 19.8. The highest BCUT2D eigenvalue weighted by atomic mass is 32.2. The summed E-state index contributed by atoms with van der Waals surface area (Å²) in [7, 11) is 0. The van der Waals surface area contributed by atoms with Crippen molar-refractivity contribution in [3.63, 3.8) is 0 Å². The van der Waals surface area contributed by atoms with Gasteiger partial charge in [0.15, 0.2) is 11.5 Å². The molecule has 1 aromatic heterocycles. The fraction of sp³-hybridized carbons (Fsp3) is 0.316. The molecule has 0 aliphatic rings. The van der Waals surface area contributed by atoms with Crippen LogP contribution in [0.5, 0.6) is 0 Å². The molecule has 0 saturated carbocycles. The largest absolute Gasteiger partial charge is 0.548 e. The Bertz CT molecular complexity index is 755. The van der Waals surface area contributed by atoms with Crippen LogP contribution in [0.2, 0.25) is 0 Å². The number of carbonyl (C=O) groups excluding carboxylic acids is 3. The number of thioether (sulfide) groups is 1. The fourth-order valence-corrected chi connectivity index (χ4v) is 3.65. The summed E-state index contributed by atoms with van der Waals surface area (Å²) in [6, 6.07) is 9.81. The number of aryl methyl sites for hydroxylation is 1. The number of aliphatic carboxylic acids is 1. The summed E-state index contributed by atoms with van der Waals surface area (Å²) in [6.45, 7) is 3.21. The molecule has 1 amide bonds. The molecule has 2 atom stereocenters. The average molecular weight is 374 g/mol. The van der Waals surface area contributed by atoms with Gasteiger partial charge in [0.1, 0.15) is 0 Å². The lowest BCUT2D eigenvalue weighted by molar-refractivity contribution is -0.307. The molecule has 0 unspecified atom stereocenters. The fourth-order valence-electron chi connectivity index (χ4n) is 2.39. The van der Waals surface area contributed by atoms with Gasteiger partial charge in [-0.3, -0.25) is 9.59 Å². The van der Waals surface area contributed by atoms with Crippen molar-refractivity contribution in [1.82, 2.24) is 5.32 Å². The van der Waals surface area contributed by atoms with Crippen molar-refractivity contribution in [2.75, 3.05) is 5.75 Å². The molecule has 0 bridgehead atoms. The monoisotopic (exact) mass is 374 g/mol. The highest BCUT2D eigenvalue weighted by Gasteiger charge is 2.22. The van der Waals surface area contributed by atoms with Gasteiger partial charge in [0.05, 0.1) is 18.3 Å². The number of carbonyl (C=O) groups is 3. The van der Waals surface area contributed by atoms with Gasteiger partial charge < -0.3 is 19.6 Å². The van der Waals surface area contributed by atoms with Crippen molar-refractivity contribution in [2.24, 2.45) is 0 Å². The molecule has 1 heterocycles. The molecule has 0 saturated heterocycles. The van der Waals surface area contributed by atoms with Crippen LogP contribution in [-0.2, 0) is 9.59 Å². The number of carboxylic acids is 1. The Labute approximate surface area is 156 Å². The van der Waals surface area contributed by atoms with Gasteiger partial charge >= 0.3 is 0 Å². The smallest absolute Gasteiger partial charge is 0.217 e. The zero-order valence-electron chi connectivity index (χ0n) is 14.6. The molecule has 138 valence electrons. The van der Waals surface area contributed by atoms with Gasteiger partial charge in [-0.1, -0.05) is 29.8 Å². The third-order valence-corrected chi connectivity index (χ3v) is 5.11. The highest BCUT2D eigenvalue weighted by molar-refractivity contribution is 7.99. The van der Waals surface area contributed by atoms with Crippen LogP contribution in [0.1, 0.15) is 40.3 Å². The van der Waals surface area contributed by atoms with E-state index in [2.05, 4.69) is 5.32 Å². The molecule has 1 aromatic carbocycles. The van der Waals surface area contributed by atoms with E-state index < -0.39 is 17.9 Å². The third-order valence-electron chi connectivity index (χ3n) is 3.74. The van der Waals surface area contributed by atoms with Gasteiger partial charge in [-0.05, 0) is 24.6 Å². The number of nitrogens with one attached hydrogen (secondary N) is 1. The molecular formula is C19H20NO5S-. The lowest BCUT2D eigenvalue weighted by Gasteiger charge is -2.22. The molecule has 2 aromatic rings. The maximum Gasteiger partial charge on any atom is 0.217 e. The van der Waals surface area contributed by atoms with Crippen LogP contribution in [0.4, 0.5) is 0 Å². The van der Waals surface area contributed by atoms with Gasteiger partial charge in [0.2, 0.25) is 5.91 Å². The first-order valence-corrected chi connectivity index (χ1v) is 9.14. The van der Waals surface area contributed by atoms with E-state index in [-0.39, 0.29) is 29.0 Å². The van der Waals surface area contributed by atoms with Crippen molar-refractivity contribution >= 4 is 29.4 Å². The molecule has 26 heavy (non-hydrogen) atoms. The first-order chi connectivity index (χ1) is 12.4. The summed E-state index contributed by atoms with van der Waals surface area (Å²) in [5, 5.41) is 13.3. The van der Waals surface area contributed by atoms with Gasteiger partial charge in [0, 0.05) is 24.3 Å². The Morgan fingerprint density at radius 2 is 1.88 bits per heavy atom. The van der Waals surface area contributed by atoms with Crippen LogP contribution >= 0.6 is 11.8 Å². The predicted octanol–water partition coefficient (Wildman–Crippen LogP) is 1.89. The Kier molecular flexibility index (Phi) is 7.03. The highest BCUT2D eigenvalue weighted by Crippen LogP contribution is 2.34. The van der Waals surface area contributed by atoms with E-state index in [1.54, 1.807) is 12.1 Å². The van der Waals surface area contributed by atoms with Crippen molar-refractivity contribution in [3.8, 4) is 0 Å². The SMILES string of the molecule is CC(=O)N[C@@H](CS[C@@H](CC(=O)c1ccco1)c1ccc(C)cc1)C(=O)[O-]. The topological polar surface area (TPSA) is 99.4 Å². The number of rotatable bonds is 9. The predicted molar refractivity (Wildman–Crippen MR) is 96.6 cm³/mol. The second-order valence-electron chi connectivity index (χ2n) is 5.91. The van der Waals surface area contributed by atoms with E-state index >= 15 is 0 Å². The second kappa shape index (κ2) is 9.24. The quantitative estimate of drug-likeness (QED) is 0.673. The van der Waals surface area contributed by atoms with Crippen molar-refractivity contribution in [1.29, 1.82) is 0 Å². The minimum absolute atomic E-state index is 0.0892. The van der Waals surface area contributed by atoms with E-state index in [1.165, 1.54) is 24.9 Å². The summed E-state index contributed by atoms with van der Waals surface area (Å²) in [4.78, 5) is 34.8. The van der Waals surface area contributed by atoms with Crippen LogP contribution in [-0.4, -0.2) is 29.5 Å². The number of furan rings is 1. The van der Waals surface area contributed by atoms with Gasteiger partial charge in [-0.2, -0.15) is 11.8 Å². The molecule has 0 spiro atoms. The van der Waals surface area contributed by atoms with E-state index in [4.69, 9.17) is 4.42 Å². The second-order valence-corrected chi connectivity index (χ2v) is 7.15. The zero-order valence-corrected chi connectivity index (χ0v) is 15.4. The number of benzene rings is 1. The minimum Gasteiger partial charge on any atom is -0.548 e. The van der Waals surface area contributed by atoms with Crippen molar-refractivity contribution in [2.45, 2.75) is 31.6 Å². The number of ketones is 1. The van der Waals surface area contributed by atoms with Crippen LogP contribution in [0.3, 0.4) is 0 Å². The molecule has 0 radical (unpaired) electrons. The van der Waals surface area contributed by atoms with Crippen molar-refractivity contribution in [3.05, 3.63) is 59.5 Å². The van der Waals surface area contributed by atoms with Gasteiger partial charge in [0.25, 0.3) is 0 Å². The normalized spacial score (nSPS) is 13.0. The average Bonchev–Trinajstić information content (AvgIpc) is 3.12. The summed E-state index contributed by atoms with van der Waals surface area (Å²) in [5.41, 5.74) is 1.99. The Balaban J connectivity index is 2.14. The third kappa shape index (κ3) is 5.77. The van der Waals surface area contributed by atoms with Crippen LogP contribution in [0, 0.1) is 6.92 Å². The maximum absolute atomic E-state index is 12.4. The summed E-state index contributed by atoms with van der Waals surface area (Å²) in [6.07, 6.45) is 1.59. The number of carboxylic acid groups (broad SMARTS) is 1. The number of amides is 1. The molecule has 2 rings (SSSR count). The number of hydrogen-bond acceptors (Lipinski definition) is 6. The first-order valence-electron chi connectivity index (χ1n) is 8.09. The number of hydrogen-bond donors (Lipinski definition) is 1. The molecule has 1 N–H and O–H groups in total. The summed E-state index contributed by atoms with van der Waals surface area (Å²) in [5.74, 6) is -1.61. The van der Waals surface area contributed by atoms with Crippen LogP contribution in [0.25, 0.3) is 0 Å².